The Morgan fingerprint density at radius 2 is 1.47 bits per heavy atom. The van der Waals surface area contributed by atoms with E-state index in [0.717, 1.165) is 27.2 Å². The minimum atomic E-state index is -0.577. The SMILES string of the molecule is Cc1ccc(NC(=O)c2ccc(NC3=C(Cl)C(=O)N(c4cccc(C)c4C)C3=O)cc2)cc1C. The van der Waals surface area contributed by atoms with Gasteiger partial charge in [-0.15, -0.1) is 0 Å². The molecular formula is C27H24ClN3O3. The Hall–Kier alpha value is -3.90. The number of rotatable bonds is 5. The van der Waals surface area contributed by atoms with Crippen LogP contribution in [0, 0.1) is 27.7 Å². The molecule has 1 heterocycles. The van der Waals surface area contributed by atoms with Crippen LogP contribution >= 0.6 is 11.6 Å². The minimum absolute atomic E-state index is 0.0000881. The van der Waals surface area contributed by atoms with Crippen molar-refractivity contribution in [2.24, 2.45) is 0 Å². The summed E-state index contributed by atoms with van der Waals surface area (Å²) < 4.78 is 0. The van der Waals surface area contributed by atoms with E-state index in [1.807, 2.05) is 52.0 Å². The zero-order valence-electron chi connectivity index (χ0n) is 19.3. The lowest BCUT2D eigenvalue weighted by Gasteiger charge is -2.18. The molecule has 0 saturated carbocycles. The first-order chi connectivity index (χ1) is 16.2. The summed E-state index contributed by atoms with van der Waals surface area (Å²) in [4.78, 5) is 39.5. The van der Waals surface area contributed by atoms with Crippen LogP contribution in [0.3, 0.4) is 0 Å². The molecular weight excluding hydrogens is 450 g/mol. The number of hydrogen-bond acceptors (Lipinski definition) is 4. The van der Waals surface area contributed by atoms with Crippen molar-refractivity contribution in [2.45, 2.75) is 27.7 Å². The number of imide groups is 1. The molecule has 0 fully saturated rings. The summed E-state index contributed by atoms with van der Waals surface area (Å²) >= 11 is 6.25. The van der Waals surface area contributed by atoms with E-state index >= 15 is 0 Å². The number of anilines is 3. The number of nitrogens with one attached hydrogen (secondary N) is 2. The maximum atomic E-state index is 13.1. The monoisotopic (exact) mass is 473 g/mol. The first-order valence-corrected chi connectivity index (χ1v) is 11.2. The average molecular weight is 474 g/mol. The molecule has 6 nitrogen and oxygen atoms in total. The highest BCUT2D eigenvalue weighted by atomic mass is 35.5. The van der Waals surface area contributed by atoms with Crippen LogP contribution in [-0.2, 0) is 9.59 Å². The number of carbonyl (C=O) groups is 3. The van der Waals surface area contributed by atoms with Crippen LogP contribution in [0.25, 0.3) is 0 Å². The van der Waals surface area contributed by atoms with Gasteiger partial charge >= 0.3 is 0 Å². The normalized spacial score (nSPS) is 13.5. The number of nitrogens with zero attached hydrogens (tertiary/aromatic N) is 1. The van der Waals surface area contributed by atoms with Crippen molar-refractivity contribution in [1.82, 2.24) is 0 Å². The zero-order chi connectivity index (χ0) is 24.6. The van der Waals surface area contributed by atoms with Crippen molar-refractivity contribution < 1.29 is 14.4 Å². The molecule has 0 bridgehead atoms. The standard InChI is InChI=1S/C27H24ClN3O3/c1-15-8-11-21(14-17(15)3)30-25(32)19-9-12-20(13-10-19)29-24-23(28)26(33)31(27(24)34)22-7-5-6-16(2)18(22)4/h5-14,29H,1-4H3,(H,30,32). The van der Waals surface area contributed by atoms with Gasteiger partial charge in [-0.25, -0.2) is 4.90 Å². The molecule has 3 aromatic carbocycles. The molecule has 0 unspecified atom stereocenters. The third-order valence-corrected chi connectivity index (χ3v) is 6.38. The minimum Gasteiger partial charge on any atom is -0.350 e. The van der Waals surface area contributed by atoms with E-state index in [9.17, 15) is 14.4 Å². The fraction of sp³-hybridized carbons (Fsp3) is 0.148. The highest BCUT2D eigenvalue weighted by Crippen LogP contribution is 2.33. The van der Waals surface area contributed by atoms with E-state index < -0.39 is 11.8 Å². The Labute approximate surface area is 203 Å². The quantitative estimate of drug-likeness (QED) is 0.472. The van der Waals surface area contributed by atoms with Gasteiger partial charge in [-0.2, -0.15) is 0 Å². The maximum absolute atomic E-state index is 13.1. The number of halogens is 1. The van der Waals surface area contributed by atoms with Gasteiger partial charge in [-0.1, -0.05) is 29.8 Å². The highest BCUT2D eigenvalue weighted by Gasteiger charge is 2.39. The summed E-state index contributed by atoms with van der Waals surface area (Å²) in [5.41, 5.74) is 6.23. The zero-order valence-corrected chi connectivity index (χ0v) is 20.1. The van der Waals surface area contributed by atoms with Gasteiger partial charge in [0.1, 0.15) is 10.7 Å². The molecule has 0 radical (unpaired) electrons. The molecule has 3 amide bonds. The van der Waals surface area contributed by atoms with Gasteiger partial charge in [0.15, 0.2) is 0 Å². The van der Waals surface area contributed by atoms with Crippen LogP contribution in [0.15, 0.2) is 71.4 Å². The molecule has 0 spiro atoms. The molecule has 3 aromatic rings. The summed E-state index contributed by atoms with van der Waals surface area (Å²) in [5.74, 6) is -1.35. The lowest BCUT2D eigenvalue weighted by molar-refractivity contribution is -0.120. The number of carbonyl (C=O) groups excluding carboxylic acids is 3. The maximum Gasteiger partial charge on any atom is 0.283 e. The van der Waals surface area contributed by atoms with Gasteiger partial charge in [0.2, 0.25) is 0 Å². The van der Waals surface area contributed by atoms with Crippen LogP contribution in [0.2, 0.25) is 0 Å². The summed E-state index contributed by atoms with van der Waals surface area (Å²) in [7, 11) is 0. The molecule has 1 aliphatic heterocycles. The topological polar surface area (TPSA) is 78.5 Å². The first-order valence-electron chi connectivity index (χ1n) is 10.8. The van der Waals surface area contributed by atoms with Gasteiger partial charge in [-0.05, 0) is 92.4 Å². The van der Waals surface area contributed by atoms with E-state index in [0.29, 0.717) is 22.6 Å². The van der Waals surface area contributed by atoms with Crippen LogP contribution in [0.5, 0.6) is 0 Å². The van der Waals surface area contributed by atoms with Gasteiger partial charge in [0.25, 0.3) is 17.7 Å². The molecule has 4 rings (SSSR count). The van der Waals surface area contributed by atoms with Gasteiger partial charge in [0, 0.05) is 16.9 Å². The van der Waals surface area contributed by atoms with Crippen molar-refractivity contribution in [3.05, 3.63) is 99.2 Å². The van der Waals surface area contributed by atoms with E-state index in [1.165, 1.54) is 0 Å². The number of benzene rings is 3. The predicted octanol–water partition coefficient (Wildman–Crippen LogP) is 5.61. The van der Waals surface area contributed by atoms with Gasteiger partial charge < -0.3 is 10.6 Å². The fourth-order valence-corrected chi connectivity index (χ4v) is 3.89. The van der Waals surface area contributed by atoms with Crippen molar-refractivity contribution in [3.63, 3.8) is 0 Å². The molecule has 7 heteroatoms. The fourth-order valence-electron chi connectivity index (χ4n) is 3.68. The molecule has 2 N–H and O–H groups in total. The molecule has 0 aromatic heterocycles. The summed E-state index contributed by atoms with van der Waals surface area (Å²) in [6.45, 7) is 7.77. The lowest BCUT2D eigenvalue weighted by Crippen LogP contribution is -2.33. The van der Waals surface area contributed by atoms with Crippen molar-refractivity contribution in [1.29, 1.82) is 0 Å². The molecule has 0 saturated heterocycles. The highest BCUT2D eigenvalue weighted by molar-refractivity contribution is 6.53. The Bertz CT molecular complexity index is 1360. The molecule has 1 aliphatic rings. The van der Waals surface area contributed by atoms with Crippen molar-refractivity contribution in [3.8, 4) is 0 Å². The lowest BCUT2D eigenvalue weighted by atomic mass is 10.1. The Morgan fingerprint density at radius 3 is 2.15 bits per heavy atom. The number of hydrogen-bond donors (Lipinski definition) is 2. The third-order valence-electron chi connectivity index (χ3n) is 6.03. The second-order valence-corrected chi connectivity index (χ2v) is 8.69. The number of amides is 3. The first kappa shape index (κ1) is 23.3. The Balaban J connectivity index is 1.50. The van der Waals surface area contributed by atoms with Gasteiger partial charge in [-0.3, -0.25) is 14.4 Å². The smallest absolute Gasteiger partial charge is 0.283 e. The Morgan fingerprint density at radius 1 is 0.794 bits per heavy atom. The summed E-state index contributed by atoms with van der Waals surface area (Å²) in [6.07, 6.45) is 0. The number of aryl methyl sites for hydroxylation is 3. The van der Waals surface area contributed by atoms with Crippen LogP contribution < -0.4 is 15.5 Å². The average Bonchev–Trinajstić information content (AvgIpc) is 3.02. The van der Waals surface area contributed by atoms with E-state index in [2.05, 4.69) is 10.6 Å². The van der Waals surface area contributed by atoms with Crippen LogP contribution in [0.1, 0.15) is 32.6 Å². The van der Waals surface area contributed by atoms with Crippen molar-refractivity contribution >= 4 is 46.4 Å². The van der Waals surface area contributed by atoms with Crippen LogP contribution in [-0.4, -0.2) is 17.7 Å². The third kappa shape index (κ3) is 4.32. The Kier molecular flexibility index (Phi) is 6.26. The summed E-state index contributed by atoms with van der Waals surface area (Å²) in [6, 6.07) is 17.7. The summed E-state index contributed by atoms with van der Waals surface area (Å²) in [5, 5.41) is 5.64. The molecule has 0 aliphatic carbocycles. The molecule has 172 valence electrons. The second kappa shape index (κ2) is 9.15. The van der Waals surface area contributed by atoms with E-state index in [1.54, 1.807) is 36.4 Å². The molecule has 0 atom stereocenters. The second-order valence-electron chi connectivity index (χ2n) is 8.31. The largest absolute Gasteiger partial charge is 0.350 e. The van der Waals surface area contributed by atoms with Crippen molar-refractivity contribution in [2.75, 3.05) is 15.5 Å². The predicted molar refractivity (Wildman–Crippen MR) is 135 cm³/mol. The van der Waals surface area contributed by atoms with Gasteiger partial charge in [0.05, 0.1) is 5.69 Å². The van der Waals surface area contributed by atoms with E-state index in [-0.39, 0.29) is 16.6 Å². The van der Waals surface area contributed by atoms with E-state index in [4.69, 9.17) is 11.6 Å². The molecule has 34 heavy (non-hydrogen) atoms. The van der Waals surface area contributed by atoms with Crippen LogP contribution in [0.4, 0.5) is 17.1 Å².